The number of H-pyrrole nitrogens is 1. The van der Waals surface area contributed by atoms with E-state index in [2.05, 4.69) is 10.6 Å². The molecule has 10 atom stereocenters. The number of rotatable bonds is 15. The zero-order chi connectivity index (χ0) is 39.9. The van der Waals surface area contributed by atoms with Gasteiger partial charge in [0.15, 0.2) is 24.2 Å². The second-order valence-corrected chi connectivity index (χ2v) is 11.6. The van der Waals surface area contributed by atoms with Crippen LogP contribution >= 0.6 is 0 Å². The molecule has 1 saturated heterocycles. The normalized spacial score (nSPS) is 25.4. The number of carbonyl (C=O) groups is 5. The number of aliphatic hydroxyl groups excluding tert-OH is 5. The minimum absolute atomic E-state index is 0.0118. The number of benzene rings is 1. The summed E-state index contributed by atoms with van der Waals surface area (Å²) in [5, 5.41) is 67.6. The van der Waals surface area contributed by atoms with E-state index in [0.29, 0.717) is 0 Å². The summed E-state index contributed by atoms with van der Waals surface area (Å²) in [6.45, 7) is -0.663. The van der Waals surface area contributed by atoms with Gasteiger partial charge in [0.05, 0.1) is 0 Å². The van der Waals surface area contributed by atoms with Crippen molar-refractivity contribution in [2.24, 2.45) is 5.73 Å². The molecule has 12 N–H and O–H groups in total. The highest BCUT2D eigenvalue weighted by Gasteiger charge is 2.52. The number of methoxy groups -OCH3 is 1. The highest BCUT2D eigenvalue weighted by atomic mass is 16.7. The van der Waals surface area contributed by atoms with Crippen LogP contribution in [0.1, 0.15) is 17.9 Å². The standard InChI is InChI=1S/C31H36N6O17/c1-51-23-22(46)29(37-9-7-17(40)36-31(37)50)53-24(23)25(26(32)47)54-30-20(44)14(38)10-15(52-30)27(48)35-13-4-2-12(3-5-13)19(43)21(45)28(49)33-8-6-16(39)34-11-18(41)42/h2-10,14,19-25,29-30,38,43-46H,11H2,1H3,(H2,32,47)(H,33,49)(H,34,39)(H,35,48)(H,41,42)(H,36,40,50)/b8-6+/t14-,19-,20-,21+,22+,23-,24-,25-,29-,30+/m1/s1. The van der Waals surface area contributed by atoms with E-state index < -0.39 is 115 Å². The van der Waals surface area contributed by atoms with Gasteiger partial charge in [-0.3, -0.25) is 38.3 Å². The number of nitrogens with one attached hydrogen (secondary N) is 4. The molecule has 3 heterocycles. The van der Waals surface area contributed by atoms with Gasteiger partial charge < -0.3 is 71.3 Å². The fourth-order valence-electron chi connectivity index (χ4n) is 5.18. The highest BCUT2D eigenvalue weighted by molar-refractivity contribution is 6.02. The molecule has 1 fully saturated rings. The minimum Gasteiger partial charge on any atom is -0.480 e. The first-order chi connectivity index (χ1) is 25.5. The summed E-state index contributed by atoms with van der Waals surface area (Å²) in [7, 11) is 1.14. The quantitative estimate of drug-likeness (QED) is 0.0754. The number of nitrogens with two attached hydrogens (primary N) is 1. The number of ether oxygens (including phenoxy) is 4. The van der Waals surface area contributed by atoms with Crippen molar-refractivity contribution >= 4 is 35.3 Å². The Morgan fingerprint density at radius 1 is 1.06 bits per heavy atom. The number of primary amides is 1. The van der Waals surface area contributed by atoms with Gasteiger partial charge in [-0.2, -0.15) is 0 Å². The molecule has 2 aromatic rings. The van der Waals surface area contributed by atoms with Gasteiger partial charge in [-0.15, -0.1) is 0 Å². The molecule has 0 saturated carbocycles. The molecule has 54 heavy (non-hydrogen) atoms. The molecule has 0 unspecified atom stereocenters. The van der Waals surface area contributed by atoms with Crippen molar-refractivity contribution in [1.29, 1.82) is 0 Å². The zero-order valence-corrected chi connectivity index (χ0v) is 27.9. The first kappa shape index (κ1) is 41.0. The molecule has 1 aromatic carbocycles. The first-order valence-electron chi connectivity index (χ1n) is 15.6. The summed E-state index contributed by atoms with van der Waals surface area (Å²) in [6, 6.07) is 5.97. The molecule has 1 aromatic heterocycles. The predicted octanol–water partition coefficient (Wildman–Crippen LogP) is -5.49. The Balaban J connectivity index is 1.39. The number of aromatic nitrogens is 2. The van der Waals surface area contributed by atoms with Crippen molar-refractivity contribution < 1.29 is 73.6 Å². The van der Waals surface area contributed by atoms with Crippen LogP contribution in [0.5, 0.6) is 0 Å². The molecule has 2 aliphatic heterocycles. The molecule has 0 bridgehead atoms. The first-order valence-corrected chi connectivity index (χ1v) is 15.6. The number of aromatic amines is 1. The van der Waals surface area contributed by atoms with Gasteiger partial charge in [0.2, 0.25) is 18.1 Å². The topological polar surface area (TPSA) is 361 Å². The second kappa shape index (κ2) is 17.8. The summed E-state index contributed by atoms with van der Waals surface area (Å²) in [5.41, 5.74) is 3.93. The summed E-state index contributed by atoms with van der Waals surface area (Å²) in [4.78, 5) is 85.7. The monoisotopic (exact) mass is 764 g/mol. The number of carbonyl (C=O) groups excluding carboxylic acids is 4. The molecule has 23 heteroatoms. The van der Waals surface area contributed by atoms with Crippen LogP contribution in [0.2, 0.25) is 0 Å². The van der Waals surface area contributed by atoms with Crippen LogP contribution in [-0.2, 0) is 42.9 Å². The largest absolute Gasteiger partial charge is 0.480 e. The number of anilines is 1. The van der Waals surface area contributed by atoms with Crippen LogP contribution in [-0.4, -0.2) is 132 Å². The number of hydrogen-bond acceptors (Lipinski definition) is 16. The Bertz CT molecular complexity index is 1890. The number of carboxylic acid groups (broad SMARTS) is 1. The van der Waals surface area contributed by atoms with E-state index >= 15 is 0 Å². The lowest BCUT2D eigenvalue weighted by Crippen LogP contribution is -2.53. The van der Waals surface area contributed by atoms with E-state index in [9.17, 15) is 59.1 Å². The number of aliphatic carboxylic acids is 1. The average Bonchev–Trinajstić information content (AvgIpc) is 3.45. The lowest BCUT2D eigenvalue weighted by molar-refractivity contribution is -0.241. The molecule has 0 aliphatic carbocycles. The molecule has 4 amide bonds. The van der Waals surface area contributed by atoms with E-state index in [1.807, 2.05) is 10.3 Å². The van der Waals surface area contributed by atoms with E-state index in [1.165, 1.54) is 24.3 Å². The molecular formula is C31H36N6O17. The smallest absolute Gasteiger partial charge is 0.330 e. The van der Waals surface area contributed by atoms with Gasteiger partial charge in [-0.25, -0.2) is 4.79 Å². The van der Waals surface area contributed by atoms with E-state index in [0.717, 1.165) is 42.3 Å². The van der Waals surface area contributed by atoms with Gasteiger partial charge >= 0.3 is 11.7 Å². The maximum absolute atomic E-state index is 13.1. The summed E-state index contributed by atoms with van der Waals surface area (Å²) < 4.78 is 22.8. The summed E-state index contributed by atoms with van der Waals surface area (Å²) in [5.74, 6) is -6.08. The number of hydrogen-bond donors (Lipinski definition) is 11. The van der Waals surface area contributed by atoms with Gasteiger partial charge in [-0.05, 0) is 23.8 Å². The lowest BCUT2D eigenvalue weighted by Gasteiger charge is -2.35. The minimum atomic E-state index is -2.03. The fraction of sp³-hybridized carbons (Fsp3) is 0.387. The third kappa shape index (κ3) is 9.79. The maximum atomic E-state index is 13.1. The molecule has 0 spiro atoms. The number of nitrogens with zero attached hydrogens (tertiary/aromatic N) is 1. The van der Waals surface area contributed by atoms with Gasteiger partial charge in [0.1, 0.15) is 43.2 Å². The Hall–Kier alpha value is -5.79. The van der Waals surface area contributed by atoms with E-state index in [1.54, 1.807) is 0 Å². The number of amides is 4. The molecule has 4 rings (SSSR count). The predicted molar refractivity (Wildman–Crippen MR) is 175 cm³/mol. The molecule has 0 radical (unpaired) electrons. The van der Waals surface area contributed by atoms with Gasteiger partial charge in [0.25, 0.3) is 17.4 Å². The van der Waals surface area contributed by atoms with Crippen molar-refractivity contribution in [1.82, 2.24) is 20.2 Å². The highest BCUT2D eigenvalue weighted by Crippen LogP contribution is 2.34. The van der Waals surface area contributed by atoms with Crippen LogP contribution in [0.15, 0.2) is 70.2 Å². The zero-order valence-electron chi connectivity index (χ0n) is 27.9. The maximum Gasteiger partial charge on any atom is 0.330 e. The van der Waals surface area contributed by atoms with Crippen molar-refractivity contribution in [2.45, 2.75) is 61.3 Å². The molecule has 2 aliphatic rings. The number of aliphatic hydroxyl groups is 5. The number of carboxylic acids is 1. The SMILES string of the molecule is CO[C@@H]1[C@H](O)[C@H](n2ccc(=O)[nH]c2=O)O[C@H]1[C@@H](O[C@@H]1OC(C(=O)Nc2ccc([C@@H](O)[C@H](O)C(=O)N/C=C/C(=O)NCC(=O)O)cc2)=C[C@@H](O)[C@H]1O)C(N)=O. The van der Waals surface area contributed by atoms with Crippen molar-refractivity contribution in [3.05, 3.63) is 87.0 Å². The van der Waals surface area contributed by atoms with Crippen molar-refractivity contribution in [3.8, 4) is 0 Å². The van der Waals surface area contributed by atoms with Gasteiger partial charge in [-0.1, -0.05) is 12.1 Å². The second-order valence-electron chi connectivity index (χ2n) is 11.6. The Morgan fingerprint density at radius 3 is 2.35 bits per heavy atom. The third-order valence-corrected chi connectivity index (χ3v) is 7.88. The van der Waals surface area contributed by atoms with E-state index in [-0.39, 0.29) is 11.3 Å². The lowest BCUT2D eigenvalue weighted by atomic mass is 10.0. The molecular weight excluding hydrogens is 728 g/mol. The average molecular weight is 765 g/mol. The van der Waals surface area contributed by atoms with Crippen LogP contribution < -0.4 is 32.9 Å². The van der Waals surface area contributed by atoms with E-state index in [4.69, 9.17) is 29.8 Å². The van der Waals surface area contributed by atoms with Crippen LogP contribution in [0, 0.1) is 0 Å². The Kier molecular flexibility index (Phi) is 13.5. The Morgan fingerprint density at radius 2 is 1.74 bits per heavy atom. The van der Waals surface area contributed by atoms with Crippen LogP contribution in [0.25, 0.3) is 0 Å². The van der Waals surface area contributed by atoms with Crippen LogP contribution in [0.3, 0.4) is 0 Å². The molecule has 292 valence electrons. The molecule has 23 nitrogen and oxygen atoms in total. The van der Waals surface area contributed by atoms with Crippen molar-refractivity contribution in [3.63, 3.8) is 0 Å². The summed E-state index contributed by atoms with van der Waals surface area (Å²) >= 11 is 0. The Labute approximate surface area is 302 Å². The third-order valence-electron chi connectivity index (χ3n) is 7.88. The van der Waals surface area contributed by atoms with Gasteiger partial charge in [0, 0.05) is 37.3 Å². The van der Waals surface area contributed by atoms with Crippen LogP contribution in [0.4, 0.5) is 5.69 Å². The van der Waals surface area contributed by atoms with Crippen molar-refractivity contribution in [2.75, 3.05) is 19.0 Å². The summed E-state index contributed by atoms with van der Waals surface area (Å²) in [6.07, 6.45) is -13.9. The fourth-order valence-corrected chi connectivity index (χ4v) is 5.18.